The molecule has 0 saturated carbocycles. The van der Waals surface area contributed by atoms with Gasteiger partial charge in [-0.2, -0.15) is 8.78 Å². The molecule has 1 aromatic rings. The van der Waals surface area contributed by atoms with E-state index >= 15 is 0 Å². The number of benzene rings is 1. The molecule has 2 N–H and O–H groups in total. The van der Waals surface area contributed by atoms with Gasteiger partial charge in [-0.3, -0.25) is 4.90 Å². The Morgan fingerprint density at radius 2 is 1.86 bits per heavy atom. The molecular weight excluding hydrogens is 274 g/mol. The normalized spacial score (nSPS) is 18.9. The van der Waals surface area contributed by atoms with Crippen molar-refractivity contribution >= 4 is 0 Å². The summed E-state index contributed by atoms with van der Waals surface area (Å²) in [6, 6.07) is 7.00. The van der Waals surface area contributed by atoms with E-state index in [4.69, 9.17) is 5.73 Å². The summed E-state index contributed by atoms with van der Waals surface area (Å²) in [4.78, 5) is 2.40. The standard InChI is InChI=1S/C16H24F2N2O/c1-2-12-7-9-20(10-8-12)15(11-19)13-3-5-14(6-4-13)21-16(17)18/h3-6,12,15-16H,2,7-11,19H2,1H3. The molecular formula is C16H24F2N2O. The molecule has 0 bridgehead atoms. The molecule has 0 radical (unpaired) electrons. The zero-order valence-corrected chi connectivity index (χ0v) is 12.5. The molecule has 118 valence electrons. The second-order valence-corrected chi connectivity index (χ2v) is 5.59. The molecule has 0 spiro atoms. The average Bonchev–Trinajstić information content (AvgIpc) is 2.50. The maximum atomic E-state index is 12.2. The van der Waals surface area contributed by atoms with Gasteiger partial charge in [0.05, 0.1) is 0 Å². The molecule has 21 heavy (non-hydrogen) atoms. The van der Waals surface area contributed by atoms with Gasteiger partial charge in [0, 0.05) is 12.6 Å². The molecule has 1 atom stereocenters. The molecule has 1 heterocycles. The molecule has 0 aliphatic carbocycles. The minimum Gasteiger partial charge on any atom is -0.435 e. The molecule has 1 aliphatic heterocycles. The number of ether oxygens (including phenoxy) is 1. The second-order valence-electron chi connectivity index (χ2n) is 5.59. The molecule has 1 aromatic carbocycles. The van der Waals surface area contributed by atoms with E-state index in [1.165, 1.54) is 19.3 Å². The molecule has 3 nitrogen and oxygen atoms in total. The Bertz CT molecular complexity index is 417. The first kappa shape index (κ1) is 16.2. The van der Waals surface area contributed by atoms with Gasteiger partial charge in [-0.05, 0) is 49.5 Å². The van der Waals surface area contributed by atoms with Crippen LogP contribution in [0.15, 0.2) is 24.3 Å². The molecule has 2 rings (SSSR count). The summed E-state index contributed by atoms with van der Waals surface area (Å²) in [5.41, 5.74) is 6.99. The van der Waals surface area contributed by atoms with Crippen molar-refractivity contribution in [2.24, 2.45) is 11.7 Å². The molecule has 1 saturated heterocycles. The van der Waals surface area contributed by atoms with Gasteiger partial charge in [-0.25, -0.2) is 0 Å². The molecule has 1 unspecified atom stereocenters. The first-order valence-electron chi connectivity index (χ1n) is 7.63. The van der Waals surface area contributed by atoms with E-state index in [9.17, 15) is 8.78 Å². The van der Waals surface area contributed by atoms with Crippen molar-refractivity contribution in [1.29, 1.82) is 0 Å². The first-order chi connectivity index (χ1) is 10.1. The quantitative estimate of drug-likeness (QED) is 0.874. The van der Waals surface area contributed by atoms with Crippen LogP contribution in [0.25, 0.3) is 0 Å². The largest absolute Gasteiger partial charge is 0.435 e. The summed E-state index contributed by atoms with van der Waals surface area (Å²) in [7, 11) is 0. The van der Waals surface area contributed by atoms with Crippen LogP contribution in [0.1, 0.15) is 37.8 Å². The average molecular weight is 298 g/mol. The van der Waals surface area contributed by atoms with Crippen LogP contribution in [0.2, 0.25) is 0 Å². The van der Waals surface area contributed by atoms with Gasteiger partial charge >= 0.3 is 6.61 Å². The van der Waals surface area contributed by atoms with E-state index in [1.807, 2.05) is 12.1 Å². The SMILES string of the molecule is CCC1CCN(C(CN)c2ccc(OC(F)F)cc2)CC1. The lowest BCUT2D eigenvalue weighted by Gasteiger charge is -2.37. The number of alkyl halides is 2. The van der Waals surface area contributed by atoms with Crippen LogP contribution in [-0.4, -0.2) is 31.1 Å². The number of nitrogens with zero attached hydrogens (tertiary/aromatic N) is 1. The Kier molecular flexibility index (Phi) is 5.94. The van der Waals surface area contributed by atoms with Gasteiger partial charge < -0.3 is 10.5 Å². The van der Waals surface area contributed by atoms with Crippen molar-refractivity contribution < 1.29 is 13.5 Å². The lowest BCUT2D eigenvalue weighted by Crippen LogP contribution is -2.39. The van der Waals surface area contributed by atoms with Crippen LogP contribution < -0.4 is 10.5 Å². The van der Waals surface area contributed by atoms with Gasteiger partial charge in [0.15, 0.2) is 0 Å². The number of rotatable bonds is 6. The van der Waals surface area contributed by atoms with E-state index in [0.29, 0.717) is 6.54 Å². The van der Waals surface area contributed by atoms with Gasteiger partial charge in [-0.15, -0.1) is 0 Å². The van der Waals surface area contributed by atoms with Crippen molar-refractivity contribution in [3.05, 3.63) is 29.8 Å². The van der Waals surface area contributed by atoms with Gasteiger partial charge in [-0.1, -0.05) is 25.5 Å². The number of piperidine rings is 1. The zero-order valence-electron chi connectivity index (χ0n) is 12.5. The third-order valence-corrected chi connectivity index (χ3v) is 4.38. The zero-order chi connectivity index (χ0) is 15.2. The minimum atomic E-state index is -2.78. The van der Waals surface area contributed by atoms with Crippen LogP contribution in [0.5, 0.6) is 5.75 Å². The van der Waals surface area contributed by atoms with Crippen LogP contribution >= 0.6 is 0 Å². The molecule has 5 heteroatoms. The van der Waals surface area contributed by atoms with E-state index < -0.39 is 6.61 Å². The van der Waals surface area contributed by atoms with Gasteiger partial charge in [0.2, 0.25) is 0 Å². The highest BCUT2D eigenvalue weighted by atomic mass is 19.3. The molecule has 0 amide bonds. The van der Waals surface area contributed by atoms with Crippen LogP contribution in [0.4, 0.5) is 8.78 Å². The van der Waals surface area contributed by atoms with Crippen molar-refractivity contribution in [2.45, 2.75) is 38.8 Å². The predicted octanol–water partition coefficient (Wildman–Crippen LogP) is 3.41. The summed E-state index contributed by atoms with van der Waals surface area (Å²) >= 11 is 0. The van der Waals surface area contributed by atoms with E-state index in [1.54, 1.807) is 12.1 Å². The van der Waals surface area contributed by atoms with Crippen LogP contribution in [0, 0.1) is 5.92 Å². The number of hydrogen-bond donors (Lipinski definition) is 1. The minimum absolute atomic E-state index is 0.156. The molecule has 1 fully saturated rings. The number of halogens is 2. The fraction of sp³-hybridized carbons (Fsp3) is 0.625. The highest BCUT2D eigenvalue weighted by Crippen LogP contribution is 2.28. The maximum Gasteiger partial charge on any atom is 0.387 e. The number of likely N-dealkylation sites (tertiary alicyclic amines) is 1. The Morgan fingerprint density at radius 1 is 1.24 bits per heavy atom. The summed E-state index contributed by atoms with van der Waals surface area (Å²) in [6.45, 7) is 2.09. The van der Waals surface area contributed by atoms with E-state index in [2.05, 4.69) is 16.6 Å². The number of nitrogens with two attached hydrogens (primary N) is 1. The monoisotopic (exact) mass is 298 g/mol. The summed E-state index contributed by atoms with van der Waals surface area (Å²) < 4.78 is 28.7. The summed E-state index contributed by atoms with van der Waals surface area (Å²) in [6.07, 6.45) is 3.65. The highest BCUT2D eigenvalue weighted by molar-refractivity contribution is 5.29. The number of hydrogen-bond acceptors (Lipinski definition) is 3. The van der Waals surface area contributed by atoms with Crippen LogP contribution in [0.3, 0.4) is 0 Å². The van der Waals surface area contributed by atoms with Gasteiger partial charge in [0.25, 0.3) is 0 Å². The Hall–Kier alpha value is -1.20. The topological polar surface area (TPSA) is 38.5 Å². The Labute approximate surface area is 125 Å². The summed E-state index contributed by atoms with van der Waals surface area (Å²) in [5.74, 6) is 1.01. The van der Waals surface area contributed by atoms with Gasteiger partial charge in [0.1, 0.15) is 5.75 Å². The van der Waals surface area contributed by atoms with Crippen molar-refractivity contribution in [1.82, 2.24) is 4.90 Å². The fourth-order valence-electron chi connectivity index (χ4n) is 3.04. The fourth-order valence-corrected chi connectivity index (χ4v) is 3.04. The van der Waals surface area contributed by atoms with Crippen molar-refractivity contribution in [2.75, 3.05) is 19.6 Å². The first-order valence-corrected chi connectivity index (χ1v) is 7.63. The summed E-state index contributed by atoms with van der Waals surface area (Å²) in [5, 5.41) is 0. The Balaban J connectivity index is 2.00. The smallest absolute Gasteiger partial charge is 0.387 e. The second kappa shape index (κ2) is 7.71. The molecule has 1 aliphatic rings. The third-order valence-electron chi connectivity index (χ3n) is 4.38. The van der Waals surface area contributed by atoms with E-state index in [0.717, 1.165) is 24.6 Å². The third kappa shape index (κ3) is 4.38. The lowest BCUT2D eigenvalue weighted by atomic mass is 9.92. The lowest BCUT2D eigenvalue weighted by molar-refractivity contribution is -0.0498. The van der Waals surface area contributed by atoms with Crippen molar-refractivity contribution in [3.63, 3.8) is 0 Å². The molecule has 0 aromatic heterocycles. The van der Waals surface area contributed by atoms with E-state index in [-0.39, 0.29) is 11.8 Å². The van der Waals surface area contributed by atoms with Crippen LogP contribution in [-0.2, 0) is 0 Å². The van der Waals surface area contributed by atoms with Crippen molar-refractivity contribution in [3.8, 4) is 5.75 Å². The maximum absolute atomic E-state index is 12.2. The predicted molar refractivity (Wildman–Crippen MR) is 79.5 cm³/mol. The Morgan fingerprint density at radius 3 is 2.33 bits per heavy atom. The highest BCUT2D eigenvalue weighted by Gasteiger charge is 2.24.